The largest absolute Gasteiger partial charge is 0.289 e. The summed E-state index contributed by atoms with van der Waals surface area (Å²) >= 11 is 0. The van der Waals surface area contributed by atoms with Crippen LogP contribution >= 0.6 is 0 Å². The zero-order valence-corrected chi connectivity index (χ0v) is 6.66. The molecule has 0 aliphatic carbocycles. The first-order valence-electron chi connectivity index (χ1n) is 3.74. The highest BCUT2D eigenvalue weighted by atomic mass is 16.1. The fourth-order valence-corrected chi connectivity index (χ4v) is 0.984. The van der Waals surface area contributed by atoms with Gasteiger partial charge in [0.1, 0.15) is 0 Å². The lowest BCUT2D eigenvalue weighted by Crippen LogP contribution is -2.37. The maximum absolute atomic E-state index is 10.3. The molecule has 1 aromatic carbocycles. The van der Waals surface area contributed by atoms with Crippen molar-refractivity contribution in [2.24, 2.45) is 5.84 Å². The highest BCUT2D eigenvalue weighted by Gasteiger charge is 2.05. The van der Waals surface area contributed by atoms with Crippen molar-refractivity contribution < 1.29 is 4.79 Å². The van der Waals surface area contributed by atoms with Crippen LogP contribution < -0.4 is 11.3 Å². The van der Waals surface area contributed by atoms with Gasteiger partial charge in [-0.15, -0.1) is 0 Å². The van der Waals surface area contributed by atoms with Gasteiger partial charge in [-0.25, -0.2) is 5.43 Å². The lowest BCUT2D eigenvalue weighted by Gasteiger charge is -2.06. The molecule has 0 aliphatic heterocycles. The normalized spacial score (nSPS) is 12.4. The van der Waals surface area contributed by atoms with Crippen molar-refractivity contribution in [2.45, 2.75) is 12.5 Å². The molecule has 0 amide bonds. The van der Waals surface area contributed by atoms with Crippen LogP contribution in [0.2, 0.25) is 0 Å². The molecule has 12 heavy (non-hydrogen) atoms. The Balaban J connectivity index is 2.56. The van der Waals surface area contributed by atoms with Gasteiger partial charge in [0.2, 0.25) is 6.29 Å². The van der Waals surface area contributed by atoms with E-state index in [9.17, 15) is 4.79 Å². The fraction of sp³-hybridized carbons (Fsp3) is 0.222. The van der Waals surface area contributed by atoms with Crippen LogP contribution in [-0.4, -0.2) is 12.3 Å². The third-order valence-electron chi connectivity index (χ3n) is 1.63. The van der Waals surface area contributed by atoms with E-state index in [0.29, 0.717) is 6.42 Å². The van der Waals surface area contributed by atoms with Gasteiger partial charge in [0.05, 0.1) is 6.04 Å². The number of hydrazine groups is 1. The SMILES string of the molecule is NN[C@H]([C]=O)Cc1ccccc1. The van der Waals surface area contributed by atoms with E-state index in [2.05, 4.69) is 5.43 Å². The van der Waals surface area contributed by atoms with Crippen LogP contribution in [0.3, 0.4) is 0 Å². The van der Waals surface area contributed by atoms with Gasteiger partial charge in [0.25, 0.3) is 0 Å². The second kappa shape index (κ2) is 4.64. The molecule has 3 N–H and O–H groups in total. The summed E-state index contributed by atoms with van der Waals surface area (Å²) in [5.74, 6) is 5.12. The van der Waals surface area contributed by atoms with Crippen LogP contribution in [0.25, 0.3) is 0 Å². The molecule has 0 unspecified atom stereocenters. The van der Waals surface area contributed by atoms with Gasteiger partial charge >= 0.3 is 0 Å². The van der Waals surface area contributed by atoms with E-state index in [4.69, 9.17) is 5.84 Å². The van der Waals surface area contributed by atoms with Gasteiger partial charge in [-0.05, 0) is 12.0 Å². The third-order valence-corrected chi connectivity index (χ3v) is 1.63. The Morgan fingerprint density at radius 2 is 2.08 bits per heavy atom. The quantitative estimate of drug-likeness (QED) is 0.491. The maximum Gasteiger partial charge on any atom is 0.218 e. The van der Waals surface area contributed by atoms with Crippen molar-refractivity contribution in [3.63, 3.8) is 0 Å². The van der Waals surface area contributed by atoms with E-state index in [1.807, 2.05) is 36.6 Å². The Bertz CT molecular complexity index is 236. The van der Waals surface area contributed by atoms with Gasteiger partial charge < -0.3 is 0 Å². The number of benzene rings is 1. The minimum Gasteiger partial charge on any atom is -0.289 e. The van der Waals surface area contributed by atoms with Crippen LogP contribution in [-0.2, 0) is 11.2 Å². The zero-order chi connectivity index (χ0) is 8.81. The van der Waals surface area contributed by atoms with E-state index in [-0.39, 0.29) is 0 Å². The van der Waals surface area contributed by atoms with Crippen LogP contribution in [0.15, 0.2) is 30.3 Å². The van der Waals surface area contributed by atoms with Gasteiger partial charge in [-0.2, -0.15) is 0 Å². The van der Waals surface area contributed by atoms with Gasteiger partial charge in [0, 0.05) is 0 Å². The number of rotatable bonds is 4. The monoisotopic (exact) mass is 163 g/mol. The third kappa shape index (κ3) is 2.45. The average Bonchev–Trinajstić information content (AvgIpc) is 2.16. The van der Waals surface area contributed by atoms with E-state index < -0.39 is 6.04 Å². The van der Waals surface area contributed by atoms with Crippen molar-refractivity contribution >= 4 is 6.29 Å². The maximum atomic E-state index is 10.3. The molecule has 0 saturated carbocycles. The molecule has 1 rings (SSSR count). The molecule has 0 aromatic heterocycles. The molecular formula is C9H11N2O. The first-order chi connectivity index (χ1) is 5.86. The molecule has 0 bridgehead atoms. The smallest absolute Gasteiger partial charge is 0.218 e. The molecule has 1 radical (unpaired) electrons. The molecule has 0 spiro atoms. The Morgan fingerprint density at radius 3 is 2.58 bits per heavy atom. The summed E-state index contributed by atoms with van der Waals surface area (Å²) in [7, 11) is 0. The number of carbonyl (C=O) groups excluding carboxylic acids is 1. The molecular weight excluding hydrogens is 152 g/mol. The van der Waals surface area contributed by atoms with E-state index in [0.717, 1.165) is 5.56 Å². The number of hydrogen-bond acceptors (Lipinski definition) is 3. The second-order valence-electron chi connectivity index (χ2n) is 2.53. The zero-order valence-electron chi connectivity index (χ0n) is 6.66. The predicted octanol–water partition coefficient (Wildman–Crippen LogP) is 0.171. The summed E-state index contributed by atoms with van der Waals surface area (Å²) in [6.45, 7) is 0. The number of nitrogens with two attached hydrogens (primary N) is 1. The number of hydrogen-bond donors (Lipinski definition) is 2. The Labute approximate surface area is 71.5 Å². The van der Waals surface area contributed by atoms with Crippen molar-refractivity contribution in [3.05, 3.63) is 35.9 Å². The Hall–Kier alpha value is -1.19. The van der Waals surface area contributed by atoms with Crippen LogP contribution in [0.4, 0.5) is 0 Å². The van der Waals surface area contributed by atoms with Crippen molar-refractivity contribution in [2.75, 3.05) is 0 Å². The van der Waals surface area contributed by atoms with Crippen molar-refractivity contribution in [3.8, 4) is 0 Å². The lowest BCUT2D eigenvalue weighted by atomic mass is 10.1. The molecule has 0 saturated heterocycles. The minimum absolute atomic E-state index is 0.410. The molecule has 0 aliphatic rings. The highest BCUT2D eigenvalue weighted by Crippen LogP contribution is 2.00. The standard InChI is InChI=1S/C9H11N2O/c10-11-9(7-12)6-8-4-2-1-3-5-8/h1-5,9,11H,6,10H2/t9-/m0/s1. The van der Waals surface area contributed by atoms with E-state index in [1.165, 1.54) is 0 Å². The highest BCUT2D eigenvalue weighted by molar-refractivity contribution is 5.59. The molecule has 1 aromatic rings. The van der Waals surface area contributed by atoms with Gasteiger partial charge in [-0.1, -0.05) is 30.3 Å². The predicted molar refractivity (Wildman–Crippen MR) is 47.0 cm³/mol. The Kier molecular flexibility index (Phi) is 3.44. The number of nitrogens with one attached hydrogen (secondary N) is 1. The van der Waals surface area contributed by atoms with Crippen molar-refractivity contribution in [1.29, 1.82) is 0 Å². The van der Waals surface area contributed by atoms with Crippen LogP contribution in [0, 0.1) is 0 Å². The summed E-state index contributed by atoms with van der Waals surface area (Å²) < 4.78 is 0. The van der Waals surface area contributed by atoms with Gasteiger partial charge in [-0.3, -0.25) is 10.6 Å². The summed E-state index contributed by atoms with van der Waals surface area (Å²) in [6, 6.07) is 9.26. The summed E-state index contributed by atoms with van der Waals surface area (Å²) in [5, 5.41) is 0. The molecule has 0 fully saturated rings. The summed E-state index contributed by atoms with van der Waals surface area (Å²) in [5.41, 5.74) is 3.45. The molecule has 0 heterocycles. The minimum atomic E-state index is -0.410. The van der Waals surface area contributed by atoms with Crippen molar-refractivity contribution in [1.82, 2.24) is 5.43 Å². The Morgan fingerprint density at radius 1 is 1.42 bits per heavy atom. The topological polar surface area (TPSA) is 55.1 Å². The second-order valence-corrected chi connectivity index (χ2v) is 2.53. The molecule has 3 heteroatoms. The molecule has 1 atom stereocenters. The van der Waals surface area contributed by atoms with Crippen LogP contribution in [0.5, 0.6) is 0 Å². The first-order valence-corrected chi connectivity index (χ1v) is 3.74. The average molecular weight is 163 g/mol. The first kappa shape index (κ1) is 8.90. The van der Waals surface area contributed by atoms with Crippen LogP contribution in [0.1, 0.15) is 5.56 Å². The van der Waals surface area contributed by atoms with E-state index in [1.54, 1.807) is 0 Å². The molecule has 63 valence electrons. The lowest BCUT2D eigenvalue weighted by molar-refractivity contribution is 0.518. The van der Waals surface area contributed by atoms with Gasteiger partial charge in [0.15, 0.2) is 0 Å². The summed E-state index contributed by atoms with van der Waals surface area (Å²) in [6.07, 6.45) is 2.40. The van der Waals surface area contributed by atoms with E-state index >= 15 is 0 Å². The summed E-state index contributed by atoms with van der Waals surface area (Å²) in [4.78, 5) is 10.3. The fourth-order valence-electron chi connectivity index (χ4n) is 0.984. The molecule has 3 nitrogen and oxygen atoms in total.